The minimum absolute atomic E-state index is 0. The van der Waals surface area contributed by atoms with E-state index in [1.165, 1.54) is 0 Å². The third-order valence-corrected chi connectivity index (χ3v) is 5.30. The van der Waals surface area contributed by atoms with Gasteiger partial charge in [-0.15, -0.1) is 24.8 Å². The van der Waals surface area contributed by atoms with E-state index < -0.39 is 0 Å². The summed E-state index contributed by atoms with van der Waals surface area (Å²) in [7, 11) is 2.01. The van der Waals surface area contributed by atoms with E-state index in [1.807, 2.05) is 11.9 Å². The van der Waals surface area contributed by atoms with Crippen LogP contribution in [0.15, 0.2) is 0 Å². The Bertz CT molecular complexity index is 343. The average Bonchev–Trinajstić information content (AvgIpc) is 2.45. The molecule has 6 heteroatoms. The molecular formula is C16H33Cl2N3O. The van der Waals surface area contributed by atoms with E-state index in [1.54, 1.807) is 0 Å². The first kappa shape index (κ1) is 22.0. The Labute approximate surface area is 148 Å². The summed E-state index contributed by atoms with van der Waals surface area (Å²) in [5.74, 6) is 1.07. The zero-order chi connectivity index (χ0) is 14.7. The molecule has 4 unspecified atom stereocenters. The molecule has 1 saturated heterocycles. The van der Waals surface area contributed by atoms with Gasteiger partial charge in [-0.05, 0) is 38.1 Å². The Hall–Kier alpha value is -0.0300. The standard InChI is InChI=1S/C16H31N3O.2ClH/c1-4-19-9-8-15(12(2)11-19)18(3)16(20)13-6-5-7-14(17)10-13;;/h12-15H,4-11,17H2,1-3H3;2*1H. The van der Waals surface area contributed by atoms with Crippen molar-refractivity contribution < 1.29 is 4.79 Å². The number of piperidine rings is 1. The van der Waals surface area contributed by atoms with Crippen LogP contribution in [0.2, 0.25) is 0 Å². The van der Waals surface area contributed by atoms with Crippen LogP contribution < -0.4 is 5.73 Å². The Morgan fingerprint density at radius 3 is 2.50 bits per heavy atom. The predicted molar refractivity (Wildman–Crippen MR) is 96.9 cm³/mol. The Morgan fingerprint density at radius 1 is 1.27 bits per heavy atom. The molecule has 4 atom stereocenters. The molecule has 1 aliphatic carbocycles. The fourth-order valence-electron chi connectivity index (χ4n) is 3.99. The van der Waals surface area contributed by atoms with Crippen LogP contribution in [0.5, 0.6) is 0 Å². The summed E-state index contributed by atoms with van der Waals surface area (Å²) in [6.45, 7) is 7.84. The van der Waals surface area contributed by atoms with Crippen molar-refractivity contribution in [1.29, 1.82) is 0 Å². The van der Waals surface area contributed by atoms with E-state index in [9.17, 15) is 4.79 Å². The molecule has 1 heterocycles. The van der Waals surface area contributed by atoms with E-state index in [2.05, 4.69) is 18.7 Å². The second-order valence-corrected chi connectivity index (χ2v) is 6.80. The number of likely N-dealkylation sites (tertiary alicyclic amines) is 1. The van der Waals surface area contributed by atoms with Gasteiger partial charge < -0.3 is 15.5 Å². The molecule has 1 aliphatic heterocycles. The summed E-state index contributed by atoms with van der Waals surface area (Å²) in [4.78, 5) is 17.2. The second-order valence-electron chi connectivity index (χ2n) is 6.80. The van der Waals surface area contributed by atoms with Crippen molar-refractivity contribution in [3.63, 3.8) is 0 Å². The van der Waals surface area contributed by atoms with Crippen LogP contribution in [0.4, 0.5) is 0 Å². The van der Waals surface area contributed by atoms with Crippen LogP contribution in [0.25, 0.3) is 0 Å². The fourth-order valence-corrected chi connectivity index (χ4v) is 3.99. The summed E-state index contributed by atoms with van der Waals surface area (Å²) in [5, 5.41) is 0. The minimum atomic E-state index is 0. The normalized spacial score (nSPS) is 32.5. The summed E-state index contributed by atoms with van der Waals surface area (Å²) < 4.78 is 0. The molecule has 0 aromatic heterocycles. The number of carbonyl (C=O) groups is 1. The van der Waals surface area contributed by atoms with Crippen LogP contribution in [-0.2, 0) is 4.79 Å². The highest BCUT2D eigenvalue weighted by molar-refractivity contribution is 5.85. The first-order valence-electron chi connectivity index (χ1n) is 8.27. The molecule has 0 spiro atoms. The van der Waals surface area contributed by atoms with E-state index in [0.29, 0.717) is 17.9 Å². The molecule has 2 rings (SSSR count). The number of nitrogens with two attached hydrogens (primary N) is 1. The number of hydrogen-bond donors (Lipinski definition) is 1. The third-order valence-electron chi connectivity index (χ3n) is 5.30. The molecule has 4 nitrogen and oxygen atoms in total. The number of nitrogens with zero attached hydrogens (tertiary/aromatic N) is 2. The Balaban J connectivity index is 0.00000220. The van der Waals surface area contributed by atoms with Gasteiger partial charge in [-0.3, -0.25) is 4.79 Å². The van der Waals surface area contributed by atoms with Crippen molar-refractivity contribution in [3.8, 4) is 0 Å². The fraction of sp³-hybridized carbons (Fsp3) is 0.938. The SMILES string of the molecule is CCN1CCC(N(C)C(=O)C2CCCC(N)C2)C(C)C1.Cl.Cl. The van der Waals surface area contributed by atoms with Gasteiger partial charge in [0.25, 0.3) is 0 Å². The number of hydrogen-bond acceptors (Lipinski definition) is 3. The molecule has 22 heavy (non-hydrogen) atoms. The molecular weight excluding hydrogens is 321 g/mol. The number of amides is 1. The van der Waals surface area contributed by atoms with Crippen molar-refractivity contribution in [2.24, 2.45) is 17.6 Å². The molecule has 2 aliphatic rings. The van der Waals surface area contributed by atoms with Crippen molar-refractivity contribution in [2.45, 2.75) is 58.0 Å². The van der Waals surface area contributed by atoms with Gasteiger partial charge in [-0.25, -0.2) is 0 Å². The van der Waals surface area contributed by atoms with E-state index in [-0.39, 0.29) is 36.8 Å². The van der Waals surface area contributed by atoms with Crippen LogP contribution in [0.3, 0.4) is 0 Å². The van der Waals surface area contributed by atoms with Gasteiger partial charge in [0.2, 0.25) is 5.91 Å². The van der Waals surface area contributed by atoms with Crippen molar-refractivity contribution >= 4 is 30.7 Å². The molecule has 0 aromatic carbocycles. The number of rotatable bonds is 3. The quantitative estimate of drug-likeness (QED) is 0.847. The number of halogens is 2. The molecule has 0 radical (unpaired) electrons. The second kappa shape index (κ2) is 9.96. The smallest absolute Gasteiger partial charge is 0.225 e. The van der Waals surface area contributed by atoms with Gasteiger partial charge in [0.1, 0.15) is 0 Å². The summed E-state index contributed by atoms with van der Waals surface area (Å²) in [5.41, 5.74) is 6.03. The minimum Gasteiger partial charge on any atom is -0.342 e. The van der Waals surface area contributed by atoms with E-state index in [4.69, 9.17) is 5.73 Å². The summed E-state index contributed by atoms with van der Waals surface area (Å²) in [6.07, 6.45) is 5.20. The molecule has 2 N–H and O–H groups in total. The Morgan fingerprint density at radius 2 is 1.95 bits per heavy atom. The zero-order valence-corrected chi connectivity index (χ0v) is 15.8. The van der Waals surface area contributed by atoms with Gasteiger partial charge in [0.05, 0.1) is 0 Å². The lowest BCUT2D eigenvalue weighted by Gasteiger charge is -2.42. The summed E-state index contributed by atoms with van der Waals surface area (Å²) in [6, 6.07) is 0.633. The topological polar surface area (TPSA) is 49.6 Å². The first-order valence-corrected chi connectivity index (χ1v) is 8.27. The average molecular weight is 354 g/mol. The van der Waals surface area contributed by atoms with Crippen molar-refractivity contribution in [1.82, 2.24) is 9.80 Å². The lowest BCUT2D eigenvalue weighted by molar-refractivity contribution is -0.139. The van der Waals surface area contributed by atoms with Crippen LogP contribution >= 0.6 is 24.8 Å². The van der Waals surface area contributed by atoms with Gasteiger partial charge in [-0.1, -0.05) is 20.3 Å². The van der Waals surface area contributed by atoms with Crippen molar-refractivity contribution in [3.05, 3.63) is 0 Å². The lowest BCUT2D eigenvalue weighted by atomic mass is 9.84. The molecule has 1 amide bonds. The first-order chi connectivity index (χ1) is 9.52. The van der Waals surface area contributed by atoms with Gasteiger partial charge >= 0.3 is 0 Å². The summed E-state index contributed by atoms with van der Waals surface area (Å²) >= 11 is 0. The van der Waals surface area contributed by atoms with Gasteiger partial charge in [-0.2, -0.15) is 0 Å². The van der Waals surface area contributed by atoms with Crippen LogP contribution in [0, 0.1) is 11.8 Å². The van der Waals surface area contributed by atoms with Crippen molar-refractivity contribution in [2.75, 3.05) is 26.7 Å². The number of carbonyl (C=O) groups excluding carboxylic acids is 1. The van der Waals surface area contributed by atoms with Gasteiger partial charge in [0, 0.05) is 38.1 Å². The molecule has 132 valence electrons. The molecule has 0 aromatic rings. The Kier molecular flexibility index (Phi) is 9.95. The van der Waals surface area contributed by atoms with Crippen LogP contribution in [0.1, 0.15) is 46.0 Å². The highest BCUT2D eigenvalue weighted by Gasteiger charge is 2.34. The molecule has 1 saturated carbocycles. The highest BCUT2D eigenvalue weighted by atomic mass is 35.5. The zero-order valence-electron chi connectivity index (χ0n) is 14.2. The monoisotopic (exact) mass is 353 g/mol. The van der Waals surface area contributed by atoms with Crippen LogP contribution in [-0.4, -0.2) is 54.5 Å². The highest BCUT2D eigenvalue weighted by Crippen LogP contribution is 2.28. The molecule has 2 fully saturated rings. The largest absolute Gasteiger partial charge is 0.342 e. The lowest BCUT2D eigenvalue weighted by Crippen LogP contribution is -2.52. The third kappa shape index (κ3) is 5.26. The van der Waals surface area contributed by atoms with E-state index in [0.717, 1.165) is 51.7 Å². The maximum absolute atomic E-state index is 12.7. The predicted octanol–water partition coefficient (Wildman–Crippen LogP) is 2.54. The maximum atomic E-state index is 12.7. The van der Waals surface area contributed by atoms with E-state index >= 15 is 0 Å². The molecule has 0 bridgehead atoms. The maximum Gasteiger partial charge on any atom is 0.225 e. The van der Waals surface area contributed by atoms with Gasteiger partial charge in [0.15, 0.2) is 0 Å².